The highest BCUT2D eigenvalue weighted by Crippen LogP contribution is 2.18. The average Bonchev–Trinajstić information content (AvgIpc) is 2.19. The summed E-state index contributed by atoms with van der Waals surface area (Å²) in [4.78, 5) is 0. The molecule has 0 spiro atoms. The summed E-state index contributed by atoms with van der Waals surface area (Å²) in [5.41, 5.74) is 1.39. The van der Waals surface area contributed by atoms with E-state index in [1.165, 1.54) is 6.26 Å². The first kappa shape index (κ1) is 10.8. The summed E-state index contributed by atoms with van der Waals surface area (Å²) < 4.78 is 6.03. The quantitative estimate of drug-likeness (QED) is 0.610. The number of halogens is 1. The maximum atomic E-state index is 8.88. The zero-order valence-corrected chi connectivity index (χ0v) is 9.41. The second-order valence-corrected chi connectivity index (χ2v) is 3.52. The van der Waals surface area contributed by atoms with Crippen LogP contribution in [-0.2, 0) is 4.74 Å². The number of hydrogen-bond acceptors (Lipinski definition) is 2. The SMILES string of the molecule is CCO/C=C(/C#N)c1cccc(Br)c1. The Morgan fingerprint density at radius 2 is 2.43 bits per heavy atom. The molecule has 0 aliphatic heterocycles. The normalized spacial score (nSPS) is 10.8. The lowest BCUT2D eigenvalue weighted by atomic mass is 10.1. The number of hydrogen-bond donors (Lipinski definition) is 0. The fraction of sp³-hybridized carbons (Fsp3) is 0.182. The molecular formula is C11H10BrNO. The molecule has 2 nitrogen and oxygen atoms in total. The van der Waals surface area contributed by atoms with Crippen LogP contribution in [0.2, 0.25) is 0 Å². The van der Waals surface area contributed by atoms with Gasteiger partial charge >= 0.3 is 0 Å². The Bertz CT molecular complexity index is 379. The first-order chi connectivity index (χ1) is 6.77. The third-order valence-electron chi connectivity index (χ3n) is 1.62. The van der Waals surface area contributed by atoms with Crippen LogP contribution in [0.1, 0.15) is 12.5 Å². The summed E-state index contributed by atoms with van der Waals surface area (Å²) in [6, 6.07) is 9.65. The fourth-order valence-corrected chi connectivity index (χ4v) is 1.38. The van der Waals surface area contributed by atoms with E-state index in [1.807, 2.05) is 31.2 Å². The summed E-state index contributed by atoms with van der Waals surface area (Å²) in [5, 5.41) is 8.88. The van der Waals surface area contributed by atoms with Crippen LogP contribution in [0.5, 0.6) is 0 Å². The van der Waals surface area contributed by atoms with Crippen molar-refractivity contribution in [2.75, 3.05) is 6.61 Å². The first-order valence-corrected chi connectivity index (χ1v) is 5.05. The average molecular weight is 252 g/mol. The Morgan fingerprint density at radius 1 is 1.64 bits per heavy atom. The van der Waals surface area contributed by atoms with Crippen molar-refractivity contribution in [1.82, 2.24) is 0 Å². The van der Waals surface area contributed by atoms with E-state index < -0.39 is 0 Å². The Balaban J connectivity index is 2.96. The van der Waals surface area contributed by atoms with E-state index in [-0.39, 0.29) is 0 Å². The summed E-state index contributed by atoms with van der Waals surface area (Å²) >= 11 is 3.35. The van der Waals surface area contributed by atoms with Gasteiger partial charge in [-0.3, -0.25) is 0 Å². The molecule has 3 heteroatoms. The second kappa shape index (κ2) is 5.46. The summed E-state index contributed by atoms with van der Waals surface area (Å²) in [6.45, 7) is 2.45. The number of nitriles is 1. The van der Waals surface area contributed by atoms with Crippen molar-refractivity contribution in [2.24, 2.45) is 0 Å². The topological polar surface area (TPSA) is 33.0 Å². The van der Waals surface area contributed by atoms with E-state index in [2.05, 4.69) is 22.0 Å². The van der Waals surface area contributed by atoms with Gasteiger partial charge in [0.25, 0.3) is 0 Å². The van der Waals surface area contributed by atoms with Crippen molar-refractivity contribution < 1.29 is 4.74 Å². The molecule has 72 valence electrons. The van der Waals surface area contributed by atoms with Crippen LogP contribution in [0.25, 0.3) is 5.57 Å². The van der Waals surface area contributed by atoms with Crippen LogP contribution >= 0.6 is 15.9 Å². The summed E-state index contributed by atoms with van der Waals surface area (Å²) in [6.07, 6.45) is 1.49. The molecule has 0 aliphatic rings. The highest BCUT2D eigenvalue weighted by Gasteiger charge is 2.00. The van der Waals surface area contributed by atoms with Crippen molar-refractivity contribution >= 4 is 21.5 Å². The molecule has 0 fully saturated rings. The van der Waals surface area contributed by atoms with Gasteiger partial charge in [0.2, 0.25) is 0 Å². The fourth-order valence-electron chi connectivity index (χ4n) is 0.982. The van der Waals surface area contributed by atoms with Crippen LogP contribution < -0.4 is 0 Å². The molecule has 0 unspecified atom stereocenters. The monoisotopic (exact) mass is 251 g/mol. The van der Waals surface area contributed by atoms with Crippen LogP contribution in [0, 0.1) is 11.3 Å². The minimum atomic E-state index is 0.535. The van der Waals surface area contributed by atoms with Crippen molar-refractivity contribution in [3.63, 3.8) is 0 Å². The number of ether oxygens (including phenoxy) is 1. The maximum Gasteiger partial charge on any atom is 0.103 e. The molecule has 0 radical (unpaired) electrons. The Kier molecular flexibility index (Phi) is 4.21. The van der Waals surface area contributed by atoms with Gasteiger partial charge < -0.3 is 4.74 Å². The van der Waals surface area contributed by atoms with Crippen LogP contribution in [-0.4, -0.2) is 6.61 Å². The maximum absolute atomic E-state index is 8.88. The number of allylic oxidation sites excluding steroid dienone is 1. The van der Waals surface area contributed by atoms with Gasteiger partial charge in [-0.2, -0.15) is 5.26 Å². The van der Waals surface area contributed by atoms with E-state index in [9.17, 15) is 0 Å². The smallest absolute Gasteiger partial charge is 0.103 e. The van der Waals surface area contributed by atoms with Crippen LogP contribution in [0.3, 0.4) is 0 Å². The zero-order valence-electron chi connectivity index (χ0n) is 7.83. The van der Waals surface area contributed by atoms with Crippen LogP contribution in [0.15, 0.2) is 35.0 Å². The van der Waals surface area contributed by atoms with E-state index in [4.69, 9.17) is 10.00 Å². The molecule has 14 heavy (non-hydrogen) atoms. The first-order valence-electron chi connectivity index (χ1n) is 4.25. The van der Waals surface area contributed by atoms with E-state index in [1.54, 1.807) is 0 Å². The molecule has 0 bridgehead atoms. The lowest BCUT2D eigenvalue weighted by Crippen LogP contribution is -1.85. The van der Waals surface area contributed by atoms with Gasteiger partial charge in [0.05, 0.1) is 12.2 Å². The molecule has 1 aromatic carbocycles. The van der Waals surface area contributed by atoms with Crippen molar-refractivity contribution in [3.05, 3.63) is 40.6 Å². The van der Waals surface area contributed by atoms with Gasteiger partial charge in [-0.15, -0.1) is 0 Å². The molecule has 0 aliphatic carbocycles. The molecule has 0 saturated carbocycles. The number of nitrogens with zero attached hydrogens (tertiary/aromatic N) is 1. The Hall–Kier alpha value is -1.27. The van der Waals surface area contributed by atoms with Gasteiger partial charge in [-0.05, 0) is 24.6 Å². The minimum absolute atomic E-state index is 0.535. The summed E-state index contributed by atoms with van der Waals surface area (Å²) in [7, 11) is 0. The molecule has 1 rings (SSSR count). The van der Waals surface area contributed by atoms with E-state index in [0.29, 0.717) is 12.2 Å². The standard InChI is InChI=1S/C11H10BrNO/c1-2-14-8-10(7-13)9-4-3-5-11(12)6-9/h3-6,8H,2H2,1H3/b10-8-. The molecule has 0 aromatic heterocycles. The third kappa shape index (κ3) is 2.90. The Labute approximate surface area is 91.9 Å². The highest BCUT2D eigenvalue weighted by atomic mass is 79.9. The van der Waals surface area contributed by atoms with Gasteiger partial charge in [0.1, 0.15) is 12.3 Å². The third-order valence-corrected chi connectivity index (χ3v) is 2.12. The summed E-state index contributed by atoms with van der Waals surface area (Å²) in [5.74, 6) is 0. The van der Waals surface area contributed by atoms with Crippen molar-refractivity contribution in [3.8, 4) is 6.07 Å². The molecule has 0 amide bonds. The van der Waals surface area contributed by atoms with Gasteiger partial charge in [-0.25, -0.2) is 0 Å². The number of benzene rings is 1. The molecule has 0 atom stereocenters. The molecule has 0 N–H and O–H groups in total. The highest BCUT2D eigenvalue weighted by molar-refractivity contribution is 9.10. The Morgan fingerprint density at radius 3 is 3.00 bits per heavy atom. The second-order valence-electron chi connectivity index (χ2n) is 2.61. The van der Waals surface area contributed by atoms with Crippen molar-refractivity contribution in [2.45, 2.75) is 6.92 Å². The minimum Gasteiger partial charge on any atom is -0.500 e. The molecule has 0 heterocycles. The molecule has 1 aromatic rings. The zero-order chi connectivity index (χ0) is 10.4. The van der Waals surface area contributed by atoms with E-state index >= 15 is 0 Å². The predicted octanol–water partition coefficient (Wildman–Crippen LogP) is 3.35. The molecular weight excluding hydrogens is 242 g/mol. The van der Waals surface area contributed by atoms with Gasteiger partial charge in [0.15, 0.2) is 0 Å². The lowest BCUT2D eigenvalue weighted by molar-refractivity contribution is 0.271. The predicted molar refractivity (Wildman–Crippen MR) is 59.4 cm³/mol. The van der Waals surface area contributed by atoms with Crippen molar-refractivity contribution in [1.29, 1.82) is 5.26 Å². The van der Waals surface area contributed by atoms with Gasteiger partial charge in [0, 0.05) is 4.47 Å². The number of rotatable bonds is 3. The van der Waals surface area contributed by atoms with E-state index in [0.717, 1.165) is 10.0 Å². The van der Waals surface area contributed by atoms with Gasteiger partial charge in [-0.1, -0.05) is 28.1 Å². The van der Waals surface area contributed by atoms with Crippen LogP contribution in [0.4, 0.5) is 0 Å². The molecule has 0 saturated heterocycles. The lowest BCUT2D eigenvalue weighted by Gasteiger charge is -2.00. The largest absolute Gasteiger partial charge is 0.500 e.